The molecule has 0 aliphatic heterocycles. The lowest BCUT2D eigenvalue weighted by Crippen LogP contribution is -2.03. The van der Waals surface area contributed by atoms with E-state index in [4.69, 9.17) is 0 Å². The van der Waals surface area contributed by atoms with Crippen molar-refractivity contribution in [3.05, 3.63) is 29.6 Å². The average Bonchev–Trinajstić information content (AvgIpc) is 2.33. The maximum absolute atomic E-state index is 10.9. The van der Waals surface area contributed by atoms with Crippen molar-refractivity contribution in [2.45, 2.75) is 34.6 Å². The van der Waals surface area contributed by atoms with E-state index in [-0.39, 0.29) is 0 Å². The van der Waals surface area contributed by atoms with Crippen molar-refractivity contribution in [1.29, 1.82) is 0 Å². The molecule has 0 radical (unpaired) electrons. The van der Waals surface area contributed by atoms with Crippen LogP contribution in [-0.2, 0) is 4.74 Å². The van der Waals surface area contributed by atoms with Crippen LogP contribution in [0, 0.1) is 6.92 Å². The molecule has 0 atom stereocenters. The predicted molar refractivity (Wildman–Crippen MR) is 63.0 cm³/mol. The van der Waals surface area contributed by atoms with Gasteiger partial charge in [0.2, 0.25) is 0 Å². The van der Waals surface area contributed by atoms with E-state index in [1.165, 1.54) is 7.11 Å². The molecular formula is C12H21NO2. The Bertz CT molecular complexity index is 272. The molecule has 3 nitrogen and oxygen atoms in total. The molecule has 0 aliphatic rings. The fourth-order valence-corrected chi connectivity index (χ4v) is 0.752. The highest BCUT2D eigenvalue weighted by atomic mass is 16.5. The minimum Gasteiger partial charge on any atom is -0.464 e. The zero-order valence-corrected chi connectivity index (χ0v) is 10.5. The number of esters is 1. The number of carbonyl (C=O) groups excluding carboxylic acids is 1. The molecule has 86 valence electrons. The predicted octanol–water partition coefficient (Wildman–Crippen LogP) is 3.23. The van der Waals surface area contributed by atoms with Gasteiger partial charge in [0.25, 0.3) is 0 Å². The number of rotatable bonds is 1. The van der Waals surface area contributed by atoms with Gasteiger partial charge in [-0.15, -0.1) is 0 Å². The molecule has 0 fully saturated rings. The van der Waals surface area contributed by atoms with Crippen LogP contribution in [0.5, 0.6) is 0 Å². The number of hydrogen-bond acceptors (Lipinski definition) is 3. The number of ether oxygens (including phenoxy) is 1. The Balaban J connectivity index is 0. The second-order valence-electron chi connectivity index (χ2n) is 2.21. The van der Waals surface area contributed by atoms with Crippen molar-refractivity contribution >= 4 is 5.97 Å². The van der Waals surface area contributed by atoms with Crippen LogP contribution in [0.4, 0.5) is 0 Å². The van der Waals surface area contributed by atoms with Gasteiger partial charge in [-0.3, -0.25) is 0 Å². The number of methoxy groups -OCH3 is 1. The summed E-state index contributed by atoms with van der Waals surface area (Å²) in [5.41, 5.74) is 1.35. The number of aromatic nitrogens is 1. The lowest BCUT2D eigenvalue weighted by molar-refractivity contribution is 0.0594. The molecule has 3 heteroatoms. The summed E-state index contributed by atoms with van der Waals surface area (Å²) in [4.78, 5) is 14.7. The molecule has 0 amide bonds. The lowest BCUT2D eigenvalue weighted by atomic mass is 10.2. The van der Waals surface area contributed by atoms with Crippen LogP contribution in [0.2, 0.25) is 0 Å². The normalized spacial score (nSPS) is 7.60. The number of aryl methyl sites for hydroxylation is 1. The first-order valence-corrected chi connectivity index (χ1v) is 5.25. The summed E-state index contributed by atoms with van der Waals surface area (Å²) in [7, 11) is 1.34. The smallest absolute Gasteiger partial charge is 0.356 e. The summed E-state index contributed by atoms with van der Waals surface area (Å²) in [6.45, 7) is 9.90. The Morgan fingerprint density at radius 2 is 1.80 bits per heavy atom. The van der Waals surface area contributed by atoms with Crippen LogP contribution in [0.1, 0.15) is 43.7 Å². The van der Waals surface area contributed by atoms with Gasteiger partial charge in [-0.25, -0.2) is 9.78 Å². The van der Waals surface area contributed by atoms with Crippen molar-refractivity contribution in [2.75, 3.05) is 7.11 Å². The van der Waals surface area contributed by atoms with Gasteiger partial charge in [-0.2, -0.15) is 0 Å². The third-order valence-corrected chi connectivity index (χ3v) is 1.31. The summed E-state index contributed by atoms with van der Waals surface area (Å²) in [5, 5.41) is 0. The number of nitrogens with zero attached hydrogens (tertiary/aromatic N) is 1. The zero-order valence-electron chi connectivity index (χ0n) is 10.5. The Morgan fingerprint density at radius 3 is 2.20 bits per heavy atom. The van der Waals surface area contributed by atoms with E-state index in [1.54, 1.807) is 12.3 Å². The molecule has 0 saturated heterocycles. The van der Waals surface area contributed by atoms with Crippen molar-refractivity contribution < 1.29 is 9.53 Å². The van der Waals surface area contributed by atoms with Crippen molar-refractivity contribution in [1.82, 2.24) is 4.98 Å². The first-order chi connectivity index (χ1) is 7.24. The van der Waals surface area contributed by atoms with Crippen LogP contribution < -0.4 is 0 Å². The molecular weight excluding hydrogens is 190 g/mol. The van der Waals surface area contributed by atoms with Crippen molar-refractivity contribution in [3.63, 3.8) is 0 Å². The van der Waals surface area contributed by atoms with Crippen molar-refractivity contribution in [2.24, 2.45) is 0 Å². The van der Waals surface area contributed by atoms with Gasteiger partial charge in [0, 0.05) is 6.20 Å². The van der Waals surface area contributed by atoms with E-state index in [1.807, 2.05) is 40.7 Å². The quantitative estimate of drug-likeness (QED) is 0.669. The summed E-state index contributed by atoms with van der Waals surface area (Å²) >= 11 is 0. The Morgan fingerprint density at radius 1 is 1.27 bits per heavy atom. The molecule has 1 rings (SSSR count). The van der Waals surface area contributed by atoms with E-state index >= 15 is 0 Å². The average molecular weight is 211 g/mol. The molecule has 15 heavy (non-hydrogen) atoms. The van der Waals surface area contributed by atoms with Gasteiger partial charge >= 0.3 is 5.97 Å². The van der Waals surface area contributed by atoms with Crippen LogP contribution in [0.3, 0.4) is 0 Å². The molecule has 0 aromatic carbocycles. The first-order valence-electron chi connectivity index (χ1n) is 5.25. The van der Waals surface area contributed by atoms with Crippen LogP contribution in [0.15, 0.2) is 18.3 Å². The molecule has 0 bridgehead atoms. The van der Waals surface area contributed by atoms with Gasteiger partial charge in [-0.1, -0.05) is 27.7 Å². The largest absolute Gasteiger partial charge is 0.464 e. The van der Waals surface area contributed by atoms with Gasteiger partial charge in [0.15, 0.2) is 0 Å². The highest BCUT2D eigenvalue weighted by Crippen LogP contribution is 2.00. The van der Waals surface area contributed by atoms with E-state index in [0.717, 1.165) is 5.56 Å². The second-order valence-corrected chi connectivity index (χ2v) is 2.21. The van der Waals surface area contributed by atoms with E-state index < -0.39 is 5.97 Å². The molecule has 0 spiro atoms. The SMILES string of the molecule is CC.CC.COC(=O)c1cc(C)ccn1. The Kier molecular flexibility index (Phi) is 11.5. The topological polar surface area (TPSA) is 39.2 Å². The molecule has 0 N–H and O–H groups in total. The second kappa shape index (κ2) is 10.7. The Hall–Kier alpha value is -1.38. The summed E-state index contributed by atoms with van der Waals surface area (Å²) in [5.74, 6) is -0.395. The summed E-state index contributed by atoms with van der Waals surface area (Å²) < 4.78 is 4.49. The van der Waals surface area contributed by atoms with Gasteiger partial charge in [0.05, 0.1) is 7.11 Å². The maximum atomic E-state index is 10.9. The number of pyridine rings is 1. The number of carbonyl (C=O) groups is 1. The van der Waals surface area contributed by atoms with Crippen LogP contribution in [-0.4, -0.2) is 18.1 Å². The lowest BCUT2D eigenvalue weighted by Gasteiger charge is -1.97. The monoisotopic (exact) mass is 211 g/mol. The van der Waals surface area contributed by atoms with E-state index in [2.05, 4.69) is 9.72 Å². The molecule has 1 aromatic heterocycles. The molecule has 0 aliphatic carbocycles. The first kappa shape index (κ1) is 16.1. The van der Waals surface area contributed by atoms with Crippen LogP contribution in [0.25, 0.3) is 0 Å². The van der Waals surface area contributed by atoms with Gasteiger partial charge in [0.1, 0.15) is 5.69 Å². The van der Waals surface area contributed by atoms with Gasteiger partial charge < -0.3 is 4.74 Å². The van der Waals surface area contributed by atoms with Crippen LogP contribution >= 0.6 is 0 Å². The maximum Gasteiger partial charge on any atom is 0.356 e. The molecule has 1 aromatic rings. The van der Waals surface area contributed by atoms with E-state index in [0.29, 0.717) is 5.69 Å². The fraction of sp³-hybridized carbons (Fsp3) is 0.500. The summed E-state index contributed by atoms with van der Waals surface area (Å²) in [6.07, 6.45) is 1.58. The highest BCUT2D eigenvalue weighted by molar-refractivity contribution is 5.87. The molecule has 0 unspecified atom stereocenters. The molecule has 0 saturated carbocycles. The number of hydrogen-bond donors (Lipinski definition) is 0. The van der Waals surface area contributed by atoms with E-state index in [9.17, 15) is 4.79 Å². The zero-order chi connectivity index (χ0) is 12.3. The third kappa shape index (κ3) is 6.66. The standard InChI is InChI=1S/C8H9NO2.2C2H6/c1-6-3-4-9-7(5-6)8(10)11-2;2*1-2/h3-5H,1-2H3;2*1-2H3. The van der Waals surface area contributed by atoms with Crippen molar-refractivity contribution in [3.8, 4) is 0 Å². The highest BCUT2D eigenvalue weighted by Gasteiger charge is 2.04. The Labute approximate surface area is 92.5 Å². The minimum atomic E-state index is -0.395. The molecule has 1 heterocycles. The summed E-state index contributed by atoms with van der Waals surface area (Å²) in [6, 6.07) is 3.51. The third-order valence-electron chi connectivity index (χ3n) is 1.31. The fourth-order valence-electron chi connectivity index (χ4n) is 0.752. The minimum absolute atomic E-state index is 0.354. The van der Waals surface area contributed by atoms with Gasteiger partial charge in [-0.05, 0) is 24.6 Å².